The number of rotatable bonds is 12. The number of amides is 2. The number of alkyl carbamates (subject to hydrolysis) is 1. The Morgan fingerprint density at radius 1 is 0.952 bits per heavy atom. The van der Waals surface area contributed by atoms with E-state index in [0.29, 0.717) is 18.0 Å². The molecular formula is C32H35N3O6S. The van der Waals surface area contributed by atoms with Crippen LogP contribution in [-0.4, -0.2) is 45.0 Å². The fourth-order valence-electron chi connectivity index (χ4n) is 4.11. The number of aromatic nitrogens is 1. The molecular weight excluding hydrogens is 554 g/mol. The van der Waals surface area contributed by atoms with Gasteiger partial charge in [0.2, 0.25) is 5.91 Å². The Morgan fingerprint density at radius 2 is 1.69 bits per heavy atom. The van der Waals surface area contributed by atoms with Gasteiger partial charge in [-0.1, -0.05) is 42.5 Å². The van der Waals surface area contributed by atoms with Crippen LogP contribution in [0.3, 0.4) is 0 Å². The van der Waals surface area contributed by atoms with Gasteiger partial charge in [-0.15, -0.1) is 0 Å². The highest BCUT2D eigenvalue weighted by Crippen LogP contribution is 2.23. The maximum absolute atomic E-state index is 12.8. The van der Waals surface area contributed by atoms with Gasteiger partial charge in [-0.05, 0) is 68.3 Å². The van der Waals surface area contributed by atoms with Gasteiger partial charge in [0.05, 0.1) is 0 Å². The molecule has 1 heterocycles. The third-order valence-corrected chi connectivity index (χ3v) is 7.19. The number of carbonyl (C=O) groups is 3. The van der Waals surface area contributed by atoms with E-state index in [1.807, 2.05) is 89.6 Å². The van der Waals surface area contributed by atoms with E-state index >= 15 is 0 Å². The van der Waals surface area contributed by atoms with Crippen LogP contribution in [0, 0.1) is 0 Å². The standard InChI is InChI=1S/C32H35N3O6S/c1-32(2,3)41-31(39)34-27(30(37)38)21-42-20-23-9-11-25(12-10-23)33-29(36)18-35-16-15-24-17-26(13-14-28(24)35)40-19-22-7-5-4-6-8-22/h4-17,27H,18-21H2,1-3H3,(H,33,36)(H,34,39)(H,37,38). The van der Waals surface area contributed by atoms with Crippen molar-refractivity contribution in [1.82, 2.24) is 9.88 Å². The molecule has 1 atom stereocenters. The molecule has 3 aromatic carbocycles. The van der Waals surface area contributed by atoms with Gasteiger partial charge in [0.15, 0.2) is 0 Å². The highest BCUT2D eigenvalue weighted by molar-refractivity contribution is 7.98. The zero-order chi connectivity index (χ0) is 30.1. The van der Waals surface area contributed by atoms with Crippen LogP contribution in [0.15, 0.2) is 85.1 Å². The Kier molecular flexibility index (Phi) is 10.1. The second kappa shape index (κ2) is 14.0. The molecule has 0 spiro atoms. The lowest BCUT2D eigenvalue weighted by Gasteiger charge is -2.21. The number of carboxylic acid groups (broad SMARTS) is 1. The van der Waals surface area contributed by atoms with Crippen molar-refractivity contribution in [2.24, 2.45) is 0 Å². The third-order valence-electron chi connectivity index (χ3n) is 6.08. The van der Waals surface area contributed by atoms with Crippen molar-refractivity contribution < 1.29 is 29.0 Å². The minimum Gasteiger partial charge on any atom is -0.489 e. The molecule has 9 nitrogen and oxygen atoms in total. The Labute approximate surface area is 249 Å². The van der Waals surface area contributed by atoms with E-state index in [2.05, 4.69) is 10.6 Å². The minimum atomic E-state index is -1.13. The Morgan fingerprint density at radius 3 is 2.38 bits per heavy atom. The van der Waals surface area contributed by atoms with Crippen molar-refractivity contribution in [2.75, 3.05) is 11.1 Å². The molecule has 0 radical (unpaired) electrons. The second-order valence-corrected chi connectivity index (χ2v) is 11.8. The molecule has 0 bridgehead atoms. The number of nitrogens with zero attached hydrogens (tertiary/aromatic N) is 1. The molecule has 0 aliphatic carbocycles. The van der Waals surface area contributed by atoms with Crippen LogP contribution >= 0.6 is 11.8 Å². The van der Waals surface area contributed by atoms with Crippen LogP contribution in [0.5, 0.6) is 5.75 Å². The summed E-state index contributed by atoms with van der Waals surface area (Å²) >= 11 is 1.38. The molecule has 42 heavy (non-hydrogen) atoms. The van der Waals surface area contributed by atoms with E-state index in [9.17, 15) is 19.5 Å². The van der Waals surface area contributed by atoms with E-state index in [0.717, 1.165) is 27.8 Å². The van der Waals surface area contributed by atoms with E-state index in [4.69, 9.17) is 9.47 Å². The zero-order valence-electron chi connectivity index (χ0n) is 23.8. The lowest BCUT2D eigenvalue weighted by atomic mass is 10.2. The first kappa shape index (κ1) is 30.5. The second-order valence-electron chi connectivity index (χ2n) is 10.7. The fraction of sp³-hybridized carbons (Fsp3) is 0.281. The summed E-state index contributed by atoms with van der Waals surface area (Å²) in [5.74, 6) is 0.207. The largest absolute Gasteiger partial charge is 0.489 e. The highest BCUT2D eigenvalue weighted by Gasteiger charge is 2.23. The number of hydrogen-bond acceptors (Lipinski definition) is 6. The summed E-state index contributed by atoms with van der Waals surface area (Å²) in [6.45, 7) is 5.79. The number of aliphatic carboxylic acids is 1. The molecule has 220 valence electrons. The van der Waals surface area contributed by atoms with Gasteiger partial charge in [-0.25, -0.2) is 9.59 Å². The SMILES string of the molecule is CC(C)(C)OC(=O)NC(CSCc1ccc(NC(=O)Cn2ccc3cc(OCc4ccccc4)ccc32)cc1)C(=O)O. The summed E-state index contributed by atoms with van der Waals surface area (Å²) in [6.07, 6.45) is 1.12. The quantitative estimate of drug-likeness (QED) is 0.184. The number of thioether (sulfide) groups is 1. The van der Waals surface area contributed by atoms with E-state index in [1.165, 1.54) is 11.8 Å². The smallest absolute Gasteiger partial charge is 0.408 e. The van der Waals surface area contributed by atoms with Gasteiger partial charge in [-0.3, -0.25) is 4.79 Å². The summed E-state index contributed by atoms with van der Waals surface area (Å²) in [5, 5.41) is 15.7. The zero-order valence-corrected chi connectivity index (χ0v) is 24.6. The van der Waals surface area contributed by atoms with Crippen molar-refractivity contribution in [3.63, 3.8) is 0 Å². The van der Waals surface area contributed by atoms with Gasteiger partial charge in [0.25, 0.3) is 0 Å². The topological polar surface area (TPSA) is 119 Å². The van der Waals surface area contributed by atoms with E-state index in [-0.39, 0.29) is 18.2 Å². The van der Waals surface area contributed by atoms with Gasteiger partial charge < -0.3 is 29.8 Å². The fourth-order valence-corrected chi connectivity index (χ4v) is 5.11. The molecule has 0 aliphatic heterocycles. The number of anilines is 1. The number of hydrogen-bond donors (Lipinski definition) is 3. The molecule has 0 saturated heterocycles. The van der Waals surface area contributed by atoms with Crippen LogP contribution < -0.4 is 15.4 Å². The summed E-state index contributed by atoms with van der Waals surface area (Å²) < 4.78 is 13.0. The van der Waals surface area contributed by atoms with Gasteiger partial charge in [0.1, 0.15) is 30.5 Å². The molecule has 1 aromatic heterocycles. The van der Waals surface area contributed by atoms with Crippen LogP contribution in [-0.2, 0) is 33.2 Å². The van der Waals surface area contributed by atoms with Gasteiger partial charge in [0, 0.05) is 34.3 Å². The molecule has 4 aromatic rings. The lowest BCUT2D eigenvalue weighted by molar-refractivity contribution is -0.138. The predicted molar refractivity (Wildman–Crippen MR) is 165 cm³/mol. The third kappa shape index (κ3) is 9.31. The van der Waals surface area contributed by atoms with Crippen LogP contribution in [0.1, 0.15) is 31.9 Å². The Bertz CT molecular complexity index is 1510. The normalized spacial score (nSPS) is 12.0. The number of fused-ring (bicyclic) bond motifs is 1. The first-order chi connectivity index (χ1) is 20.1. The van der Waals surface area contributed by atoms with E-state index < -0.39 is 23.7 Å². The minimum absolute atomic E-state index is 0.156. The average molecular weight is 590 g/mol. The van der Waals surface area contributed by atoms with Crippen molar-refractivity contribution in [2.45, 2.75) is 51.3 Å². The average Bonchev–Trinajstić information content (AvgIpc) is 3.33. The van der Waals surface area contributed by atoms with Crippen molar-refractivity contribution >= 4 is 46.3 Å². The number of carbonyl (C=O) groups excluding carboxylic acids is 2. The summed E-state index contributed by atoms with van der Waals surface area (Å²) in [5.41, 5.74) is 2.94. The number of ether oxygens (including phenoxy) is 2. The van der Waals surface area contributed by atoms with Crippen molar-refractivity contribution in [3.8, 4) is 5.75 Å². The predicted octanol–water partition coefficient (Wildman–Crippen LogP) is 6.07. The number of carboxylic acids is 1. The van der Waals surface area contributed by atoms with Gasteiger partial charge >= 0.3 is 12.1 Å². The molecule has 4 rings (SSSR count). The molecule has 1 unspecified atom stereocenters. The first-order valence-corrected chi connectivity index (χ1v) is 14.7. The molecule has 10 heteroatoms. The van der Waals surface area contributed by atoms with Crippen LogP contribution in [0.25, 0.3) is 10.9 Å². The van der Waals surface area contributed by atoms with Gasteiger partial charge in [-0.2, -0.15) is 11.8 Å². The Balaban J connectivity index is 1.24. The van der Waals surface area contributed by atoms with Crippen molar-refractivity contribution in [3.05, 3.63) is 96.2 Å². The van der Waals surface area contributed by atoms with E-state index in [1.54, 1.807) is 20.8 Å². The summed E-state index contributed by atoms with van der Waals surface area (Å²) in [6, 6.07) is 24.1. The summed E-state index contributed by atoms with van der Waals surface area (Å²) in [7, 11) is 0. The monoisotopic (exact) mass is 589 g/mol. The molecule has 3 N–H and O–H groups in total. The molecule has 0 saturated carbocycles. The number of benzene rings is 3. The highest BCUT2D eigenvalue weighted by atomic mass is 32.2. The molecule has 0 aliphatic rings. The maximum atomic E-state index is 12.8. The summed E-state index contributed by atoms with van der Waals surface area (Å²) in [4.78, 5) is 36.2. The number of nitrogens with one attached hydrogen (secondary N) is 2. The Hall–Kier alpha value is -4.44. The lowest BCUT2D eigenvalue weighted by Crippen LogP contribution is -2.44. The molecule has 0 fully saturated rings. The molecule has 2 amide bonds. The maximum Gasteiger partial charge on any atom is 0.408 e. The first-order valence-electron chi connectivity index (χ1n) is 13.5. The van der Waals surface area contributed by atoms with Crippen LogP contribution in [0.2, 0.25) is 0 Å². The van der Waals surface area contributed by atoms with Crippen molar-refractivity contribution in [1.29, 1.82) is 0 Å². The van der Waals surface area contributed by atoms with Crippen LogP contribution in [0.4, 0.5) is 10.5 Å².